The first kappa shape index (κ1) is 6.30. The molecule has 0 aromatic heterocycles. The van der Waals surface area contributed by atoms with Gasteiger partial charge in [-0.15, -0.1) is 0 Å². The number of benzene rings is 1. The van der Waals surface area contributed by atoms with Crippen LogP contribution in [-0.2, 0) is 6.42 Å². The zero-order chi connectivity index (χ0) is 7.97. The Morgan fingerprint density at radius 3 is 2.83 bits per heavy atom. The van der Waals surface area contributed by atoms with E-state index in [1.165, 1.54) is 36.3 Å². The fraction of sp³-hybridized carbons (Fsp3) is 0.273. The molecule has 1 nitrogen and oxygen atoms in total. The molecule has 0 saturated heterocycles. The van der Waals surface area contributed by atoms with Gasteiger partial charge in [0, 0.05) is 24.4 Å². The number of rotatable bonds is 1. The normalized spacial score (nSPS) is 19.0. The molecule has 1 heteroatoms. The molecule has 1 heterocycles. The van der Waals surface area contributed by atoms with Crippen LogP contribution in [0.4, 0.5) is 5.69 Å². The lowest BCUT2D eigenvalue weighted by molar-refractivity contribution is 0.965. The summed E-state index contributed by atoms with van der Waals surface area (Å²) < 4.78 is 0. The van der Waals surface area contributed by atoms with Crippen molar-refractivity contribution in [3.63, 3.8) is 0 Å². The van der Waals surface area contributed by atoms with E-state index in [2.05, 4.69) is 35.2 Å². The molecule has 3 rings (SSSR count). The van der Waals surface area contributed by atoms with Gasteiger partial charge in [0.2, 0.25) is 0 Å². The van der Waals surface area contributed by atoms with Crippen LogP contribution in [0.25, 0.3) is 0 Å². The van der Waals surface area contributed by atoms with Crippen molar-refractivity contribution in [3.05, 3.63) is 41.6 Å². The van der Waals surface area contributed by atoms with Gasteiger partial charge in [-0.2, -0.15) is 0 Å². The van der Waals surface area contributed by atoms with Crippen LogP contribution in [0.1, 0.15) is 12.0 Å². The van der Waals surface area contributed by atoms with Gasteiger partial charge < -0.3 is 4.90 Å². The molecule has 0 unspecified atom stereocenters. The summed E-state index contributed by atoms with van der Waals surface area (Å²) >= 11 is 0. The molecule has 1 aromatic rings. The van der Waals surface area contributed by atoms with E-state index in [1.54, 1.807) is 0 Å². The SMILES string of the molecule is C1=C(N2CCc3ccccc32)C1. The Morgan fingerprint density at radius 2 is 2.00 bits per heavy atom. The molecule has 0 saturated carbocycles. The Bertz CT molecular complexity index is 352. The standard InChI is InChI=1S/C11H11N/c1-2-4-11-9(3-1)7-8-12(11)10-5-6-10/h1-5H,6-8H2. The van der Waals surface area contributed by atoms with Crippen molar-refractivity contribution in [3.8, 4) is 0 Å². The van der Waals surface area contributed by atoms with Gasteiger partial charge in [0.05, 0.1) is 0 Å². The molecule has 0 radical (unpaired) electrons. The molecule has 0 bridgehead atoms. The van der Waals surface area contributed by atoms with Crippen molar-refractivity contribution in [2.24, 2.45) is 0 Å². The molecule has 0 spiro atoms. The molecule has 1 aliphatic heterocycles. The molecular weight excluding hydrogens is 146 g/mol. The molecule has 0 atom stereocenters. The number of para-hydroxylation sites is 1. The molecule has 60 valence electrons. The third-order valence-electron chi connectivity index (χ3n) is 2.62. The van der Waals surface area contributed by atoms with E-state index < -0.39 is 0 Å². The highest BCUT2D eigenvalue weighted by molar-refractivity contribution is 5.64. The average Bonchev–Trinajstić information content (AvgIpc) is 2.86. The van der Waals surface area contributed by atoms with E-state index in [0.29, 0.717) is 0 Å². The molecule has 12 heavy (non-hydrogen) atoms. The summed E-state index contributed by atoms with van der Waals surface area (Å²) in [7, 11) is 0. The summed E-state index contributed by atoms with van der Waals surface area (Å²) in [6.45, 7) is 1.19. The van der Waals surface area contributed by atoms with Gasteiger partial charge in [0.25, 0.3) is 0 Å². The van der Waals surface area contributed by atoms with Gasteiger partial charge in [0.15, 0.2) is 0 Å². The first-order chi connectivity index (χ1) is 5.95. The van der Waals surface area contributed by atoms with Crippen LogP contribution in [0.15, 0.2) is 36.0 Å². The second-order valence-electron chi connectivity index (χ2n) is 3.43. The van der Waals surface area contributed by atoms with Crippen molar-refractivity contribution in [1.29, 1.82) is 0 Å². The van der Waals surface area contributed by atoms with Crippen molar-refractivity contribution in [1.82, 2.24) is 0 Å². The highest BCUT2D eigenvalue weighted by atomic mass is 15.2. The van der Waals surface area contributed by atoms with Gasteiger partial charge in [-0.25, -0.2) is 0 Å². The Morgan fingerprint density at radius 1 is 1.17 bits per heavy atom. The van der Waals surface area contributed by atoms with Crippen LogP contribution in [0.5, 0.6) is 0 Å². The third-order valence-corrected chi connectivity index (χ3v) is 2.62. The quantitative estimate of drug-likeness (QED) is 0.604. The minimum Gasteiger partial charge on any atom is -0.345 e. The number of anilines is 1. The van der Waals surface area contributed by atoms with Crippen molar-refractivity contribution >= 4 is 5.69 Å². The lowest BCUT2D eigenvalue weighted by Crippen LogP contribution is -2.13. The number of hydrogen-bond donors (Lipinski definition) is 0. The second kappa shape index (κ2) is 2.13. The Labute approximate surface area is 72.3 Å². The van der Waals surface area contributed by atoms with Gasteiger partial charge in [0.1, 0.15) is 0 Å². The minimum absolute atomic E-state index is 1.19. The van der Waals surface area contributed by atoms with Gasteiger partial charge in [-0.3, -0.25) is 0 Å². The summed E-state index contributed by atoms with van der Waals surface area (Å²) in [5, 5.41) is 0. The van der Waals surface area contributed by atoms with Gasteiger partial charge in [-0.1, -0.05) is 24.3 Å². The summed E-state index contributed by atoms with van der Waals surface area (Å²) in [5.41, 5.74) is 4.45. The largest absolute Gasteiger partial charge is 0.345 e. The van der Waals surface area contributed by atoms with Gasteiger partial charge in [-0.05, 0) is 18.1 Å². The Hall–Kier alpha value is -1.24. The zero-order valence-corrected chi connectivity index (χ0v) is 6.96. The van der Waals surface area contributed by atoms with E-state index in [9.17, 15) is 0 Å². The predicted molar refractivity (Wildman–Crippen MR) is 50.2 cm³/mol. The average molecular weight is 157 g/mol. The van der Waals surface area contributed by atoms with Crippen LogP contribution in [0, 0.1) is 0 Å². The summed E-state index contributed by atoms with van der Waals surface area (Å²) in [4.78, 5) is 2.44. The van der Waals surface area contributed by atoms with Crippen LogP contribution in [-0.4, -0.2) is 6.54 Å². The maximum atomic E-state index is 2.44. The van der Waals surface area contributed by atoms with Crippen molar-refractivity contribution < 1.29 is 0 Å². The van der Waals surface area contributed by atoms with Gasteiger partial charge >= 0.3 is 0 Å². The van der Waals surface area contributed by atoms with E-state index in [1.807, 2.05) is 0 Å². The van der Waals surface area contributed by atoms with Crippen molar-refractivity contribution in [2.45, 2.75) is 12.8 Å². The topological polar surface area (TPSA) is 3.24 Å². The van der Waals surface area contributed by atoms with E-state index in [0.717, 1.165) is 0 Å². The third kappa shape index (κ3) is 0.795. The van der Waals surface area contributed by atoms with Crippen LogP contribution >= 0.6 is 0 Å². The van der Waals surface area contributed by atoms with E-state index in [4.69, 9.17) is 0 Å². The smallest absolute Gasteiger partial charge is 0.0441 e. The minimum atomic E-state index is 1.19. The molecule has 1 aliphatic carbocycles. The number of fused-ring (bicyclic) bond motifs is 1. The molecule has 2 aliphatic rings. The molecule has 1 aromatic carbocycles. The maximum absolute atomic E-state index is 2.44. The highest BCUT2D eigenvalue weighted by Gasteiger charge is 2.24. The predicted octanol–water partition coefficient (Wildman–Crippen LogP) is 2.34. The summed E-state index contributed by atoms with van der Waals surface area (Å²) in [5.74, 6) is 0. The Balaban J connectivity index is 2.07. The zero-order valence-electron chi connectivity index (χ0n) is 6.96. The number of hydrogen-bond acceptors (Lipinski definition) is 1. The summed E-state index contributed by atoms with van der Waals surface area (Å²) in [6.07, 6.45) is 4.71. The lowest BCUT2D eigenvalue weighted by atomic mass is 10.2. The highest BCUT2D eigenvalue weighted by Crippen LogP contribution is 2.36. The fourth-order valence-electron chi connectivity index (χ4n) is 1.90. The Kier molecular flexibility index (Phi) is 1.12. The molecule has 0 amide bonds. The van der Waals surface area contributed by atoms with Crippen molar-refractivity contribution in [2.75, 3.05) is 11.4 Å². The fourth-order valence-corrected chi connectivity index (χ4v) is 1.90. The van der Waals surface area contributed by atoms with E-state index in [-0.39, 0.29) is 0 Å². The maximum Gasteiger partial charge on any atom is 0.0441 e. The first-order valence-corrected chi connectivity index (χ1v) is 4.49. The molecule has 0 fully saturated rings. The molecule has 0 N–H and O–H groups in total. The second-order valence-corrected chi connectivity index (χ2v) is 3.43. The lowest BCUT2D eigenvalue weighted by Gasteiger charge is -2.14. The van der Waals surface area contributed by atoms with Crippen LogP contribution < -0.4 is 4.90 Å². The monoisotopic (exact) mass is 157 g/mol. The summed E-state index contributed by atoms with van der Waals surface area (Å²) in [6, 6.07) is 8.71. The number of nitrogens with zero attached hydrogens (tertiary/aromatic N) is 1. The van der Waals surface area contributed by atoms with Crippen LogP contribution in [0.3, 0.4) is 0 Å². The first-order valence-electron chi connectivity index (χ1n) is 4.49. The molecular formula is C11H11N. The van der Waals surface area contributed by atoms with E-state index >= 15 is 0 Å². The number of allylic oxidation sites excluding steroid dienone is 2. The van der Waals surface area contributed by atoms with Crippen LogP contribution in [0.2, 0.25) is 0 Å².